The van der Waals surface area contributed by atoms with Crippen molar-refractivity contribution in [2.75, 3.05) is 0 Å². The molecule has 0 saturated carbocycles. The Morgan fingerprint density at radius 1 is 1.24 bits per heavy atom. The Bertz CT molecular complexity index is 423. The fourth-order valence-electron chi connectivity index (χ4n) is 1.49. The fraction of sp³-hybridized carbons (Fsp3) is 0.333. The summed E-state index contributed by atoms with van der Waals surface area (Å²) in [5.41, 5.74) is -1.08. The van der Waals surface area contributed by atoms with Crippen LogP contribution >= 0.6 is 0 Å². The number of alkyl halides is 4. The van der Waals surface area contributed by atoms with Gasteiger partial charge in [0, 0.05) is 12.0 Å². The minimum absolute atomic E-state index is 0.210. The largest absolute Gasteiger partial charge is 0.335 e. The molecule has 94 valence electrons. The second-order valence-corrected chi connectivity index (χ2v) is 3.73. The number of hydrogen-bond donors (Lipinski definition) is 0. The fourth-order valence-corrected chi connectivity index (χ4v) is 1.49. The quantitative estimate of drug-likeness (QED) is 0.547. The van der Waals surface area contributed by atoms with Crippen molar-refractivity contribution in [3.63, 3.8) is 0 Å². The van der Waals surface area contributed by atoms with Gasteiger partial charge in [0.2, 0.25) is 0 Å². The molecular weight excluding hydrogens is 239 g/mol. The molecule has 1 aromatic rings. The lowest BCUT2D eigenvalue weighted by Gasteiger charge is -2.27. The van der Waals surface area contributed by atoms with Crippen LogP contribution in [0, 0.1) is 12.7 Å². The molecule has 0 unspecified atom stereocenters. The maximum atomic E-state index is 13.6. The molecule has 0 radical (unpaired) electrons. The minimum Gasteiger partial charge on any atom is -0.207 e. The summed E-state index contributed by atoms with van der Waals surface area (Å²) in [6.45, 7) is 4.18. The van der Waals surface area contributed by atoms with Gasteiger partial charge in [-0.3, -0.25) is 0 Å². The van der Waals surface area contributed by atoms with Gasteiger partial charge >= 0.3 is 11.8 Å². The molecule has 0 aromatic heterocycles. The van der Waals surface area contributed by atoms with Crippen LogP contribution in [0.2, 0.25) is 0 Å². The van der Waals surface area contributed by atoms with Crippen molar-refractivity contribution in [2.24, 2.45) is 0 Å². The highest BCUT2D eigenvalue weighted by Gasteiger charge is 2.56. The van der Waals surface area contributed by atoms with Gasteiger partial charge in [-0.25, -0.2) is 4.39 Å². The first-order valence-electron chi connectivity index (χ1n) is 4.85. The molecule has 0 spiro atoms. The average molecular weight is 250 g/mol. The van der Waals surface area contributed by atoms with Gasteiger partial charge < -0.3 is 0 Å². The van der Waals surface area contributed by atoms with Gasteiger partial charge in [0.15, 0.2) is 0 Å². The van der Waals surface area contributed by atoms with E-state index >= 15 is 0 Å². The van der Waals surface area contributed by atoms with Gasteiger partial charge in [-0.15, -0.1) is 6.58 Å². The van der Waals surface area contributed by atoms with E-state index in [0.717, 1.165) is 25.1 Å². The van der Waals surface area contributed by atoms with Crippen molar-refractivity contribution < 1.29 is 22.0 Å². The number of rotatable bonds is 4. The van der Waals surface area contributed by atoms with E-state index in [9.17, 15) is 22.0 Å². The van der Waals surface area contributed by atoms with Crippen LogP contribution in [0.3, 0.4) is 0 Å². The molecule has 0 aliphatic heterocycles. The van der Waals surface area contributed by atoms with E-state index < -0.39 is 29.6 Å². The standard InChI is InChI=1S/C12H11F5/c1-3-6-11(14,15)12(16,17)10-5-4-9(13)7-8(10)2/h3-5,7H,1,6H2,2H3. The Kier molecular flexibility index (Phi) is 3.59. The topological polar surface area (TPSA) is 0 Å². The van der Waals surface area contributed by atoms with Crippen molar-refractivity contribution in [2.45, 2.75) is 25.2 Å². The Balaban J connectivity index is 3.25. The average Bonchev–Trinajstić information content (AvgIpc) is 2.16. The van der Waals surface area contributed by atoms with Gasteiger partial charge in [0.05, 0.1) is 0 Å². The van der Waals surface area contributed by atoms with E-state index in [-0.39, 0.29) is 5.56 Å². The smallest absolute Gasteiger partial charge is 0.207 e. The first-order chi connectivity index (χ1) is 7.72. The summed E-state index contributed by atoms with van der Waals surface area (Å²) in [6.07, 6.45) is -0.413. The van der Waals surface area contributed by atoms with Crippen molar-refractivity contribution in [3.05, 3.63) is 47.8 Å². The zero-order valence-electron chi connectivity index (χ0n) is 9.11. The maximum Gasteiger partial charge on any atom is 0.335 e. The zero-order valence-corrected chi connectivity index (χ0v) is 9.11. The molecule has 0 bridgehead atoms. The van der Waals surface area contributed by atoms with Crippen LogP contribution in [0.5, 0.6) is 0 Å². The summed E-state index contributed by atoms with van der Waals surface area (Å²) < 4.78 is 66.4. The Labute approximate surface area is 95.8 Å². The lowest BCUT2D eigenvalue weighted by atomic mass is 9.96. The van der Waals surface area contributed by atoms with Gasteiger partial charge in [0.1, 0.15) is 5.82 Å². The van der Waals surface area contributed by atoms with Gasteiger partial charge in [-0.05, 0) is 30.7 Å². The molecule has 17 heavy (non-hydrogen) atoms. The van der Waals surface area contributed by atoms with E-state index in [2.05, 4.69) is 6.58 Å². The molecule has 0 aliphatic carbocycles. The number of benzene rings is 1. The van der Waals surface area contributed by atoms with Crippen molar-refractivity contribution >= 4 is 0 Å². The molecule has 5 heteroatoms. The lowest BCUT2D eigenvalue weighted by molar-refractivity contribution is -0.214. The number of aryl methyl sites for hydroxylation is 1. The molecule has 0 saturated heterocycles. The Morgan fingerprint density at radius 2 is 1.82 bits per heavy atom. The molecular formula is C12H11F5. The third-order valence-corrected chi connectivity index (χ3v) is 2.39. The highest BCUT2D eigenvalue weighted by Crippen LogP contribution is 2.46. The Morgan fingerprint density at radius 3 is 2.29 bits per heavy atom. The predicted molar refractivity (Wildman–Crippen MR) is 54.8 cm³/mol. The minimum atomic E-state index is -4.35. The van der Waals surface area contributed by atoms with E-state index in [0.29, 0.717) is 6.07 Å². The normalized spacial score (nSPS) is 12.6. The number of allylic oxidation sites excluding steroid dienone is 1. The van der Waals surface area contributed by atoms with Crippen LogP contribution in [-0.2, 0) is 5.92 Å². The second-order valence-electron chi connectivity index (χ2n) is 3.73. The van der Waals surface area contributed by atoms with Gasteiger partial charge in [-0.2, -0.15) is 17.6 Å². The summed E-state index contributed by atoms with van der Waals surface area (Å²) >= 11 is 0. The van der Waals surface area contributed by atoms with Crippen LogP contribution < -0.4 is 0 Å². The van der Waals surface area contributed by atoms with Crippen molar-refractivity contribution in [1.29, 1.82) is 0 Å². The van der Waals surface area contributed by atoms with E-state index in [1.807, 2.05) is 0 Å². The van der Waals surface area contributed by atoms with E-state index in [1.165, 1.54) is 0 Å². The third-order valence-electron chi connectivity index (χ3n) is 2.39. The van der Waals surface area contributed by atoms with Crippen LogP contribution in [0.1, 0.15) is 17.5 Å². The summed E-state index contributed by atoms with van der Waals surface area (Å²) in [7, 11) is 0. The summed E-state index contributed by atoms with van der Waals surface area (Å²) in [5, 5.41) is 0. The Hall–Kier alpha value is -1.39. The van der Waals surface area contributed by atoms with Crippen LogP contribution in [0.15, 0.2) is 30.9 Å². The van der Waals surface area contributed by atoms with Gasteiger partial charge in [-0.1, -0.05) is 6.08 Å². The van der Waals surface area contributed by atoms with Crippen molar-refractivity contribution in [3.8, 4) is 0 Å². The molecule has 0 heterocycles. The number of hydrogen-bond acceptors (Lipinski definition) is 0. The highest BCUT2D eigenvalue weighted by atomic mass is 19.3. The molecule has 1 rings (SSSR count). The first kappa shape index (κ1) is 13.7. The molecule has 0 amide bonds. The molecule has 0 atom stereocenters. The first-order valence-corrected chi connectivity index (χ1v) is 4.85. The van der Waals surface area contributed by atoms with Crippen LogP contribution in [0.4, 0.5) is 22.0 Å². The molecule has 1 aromatic carbocycles. The van der Waals surface area contributed by atoms with E-state index in [4.69, 9.17) is 0 Å². The van der Waals surface area contributed by atoms with Crippen LogP contribution in [-0.4, -0.2) is 5.92 Å². The molecule has 0 N–H and O–H groups in total. The second kappa shape index (κ2) is 4.47. The zero-order chi connectivity index (χ0) is 13.3. The number of halogens is 5. The summed E-state index contributed by atoms with van der Waals surface area (Å²) in [6, 6.07) is 2.22. The monoisotopic (exact) mass is 250 g/mol. The van der Waals surface area contributed by atoms with Crippen molar-refractivity contribution in [1.82, 2.24) is 0 Å². The highest BCUT2D eigenvalue weighted by molar-refractivity contribution is 5.32. The summed E-state index contributed by atoms with van der Waals surface area (Å²) in [5.74, 6) is -9.33. The molecule has 0 aliphatic rings. The van der Waals surface area contributed by atoms with E-state index in [1.54, 1.807) is 0 Å². The van der Waals surface area contributed by atoms with Gasteiger partial charge in [0.25, 0.3) is 0 Å². The summed E-state index contributed by atoms with van der Waals surface area (Å²) in [4.78, 5) is 0. The third kappa shape index (κ3) is 2.48. The molecule has 0 fully saturated rings. The maximum absolute atomic E-state index is 13.6. The predicted octanol–water partition coefficient (Wildman–Crippen LogP) is 4.44. The van der Waals surface area contributed by atoms with Crippen LogP contribution in [0.25, 0.3) is 0 Å². The molecule has 0 nitrogen and oxygen atoms in total. The SMILES string of the molecule is C=CCC(F)(F)C(F)(F)c1ccc(F)cc1C. The lowest BCUT2D eigenvalue weighted by Crippen LogP contribution is -2.38.